The van der Waals surface area contributed by atoms with E-state index in [-0.39, 0.29) is 17.0 Å². The predicted molar refractivity (Wildman–Crippen MR) is 105 cm³/mol. The van der Waals surface area contributed by atoms with Crippen molar-refractivity contribution in [2.45, 2.75) is 15.8 Å². The molecule has 1 fully saturated rings. The Hall–Kier alpha value is -1.82. The number of thiazole rings is 1. The summed E-state index contributed by atoms with van der Waals surface area (Å²) >= 11 is 4.34. The van der Waals surface area contributed by atoms with E-state index in [2.05, 4.69) is 9.64 Å². The average Bonchev–Trinajstić information content (AvgIpc) is 3.15. The summed E-state index contributed by atoms with van der Waals surface area (Å²) in [5, 5.41) is 1.70. The summed E-state index contributed by atoms with van der Waals surface area (Å²) in [5.74, 6) is -0.508. The van der Waals surface area contributed by atoms with Crippen LogP contribution in [0.4, 0.5) is 0 Å². The highest BCUT2D eigenvalue weighted by Crippen LogP contribution is 2.45. The van der Waals surface area contributed by atoms with E-state index in [1.165, 1.54) is 39.8 Å². The van der Waals surface area contributed by atoms with E-state index in [4.69, 9.17) is 13.8 Å². The van der Waals surface area contributed by atoms with Gasteiger partial charge in [0.2, 0.25) is 5.91 Å². The molecule has 1 amide bonds. The molecule has 1 saturated heterocycles. The van der Waals surface area contributed by atoms with Crippen LogP contribution in [0, 0.1) is 0 Å². The number of fused-ring (bicyclic) bond motifs is 1. The van der Waals surface area contributed by atoms with E-state index in [9.17, 15) is 9.59 Å². The first kappa shape index (κ1) is 18.5. The quantitative estimate of drug-likeness (QED) is 0.447. The number of hydrogen-bond donors (Lipinski definition) is 1. The molecule has 0 aromatic carbocycles. The summed E-state index contributed by atoms with van der Waals surface area (Å²) in [4.78, 5) is 31.0. The van der Waals surface area contributed by atoms with E-state index in [1.54, 1.807) is 0 Å². The van der Waals surface area contributed by atoms with E-state index in [0.717, 1.165) is 15.6 Å². The number of carbonyl (C=O) groups excluding carboxylic acids is 2. The minimum Gasteiger partial charge on any atom is -0.539 e. The Labute approximate surface area is 169 Å². The molecule has 2 aliphatic rings. The van der Waals surface area contributed by atoms with Crippen LogP contribution in [0.15, 0.2) is 44.8 Å². The summed E-state index contributed by atoms with van der Waals surface area (Å²) < 4.78 is 7.13. The van der Waals surface area contributed by atoms with Gasteiger partial charge in [0.25, 0.3) is 0 Å². The van der Waals surface area contributed by atoms with Crippen molar-refractivity contribution in [3.05, 3.63) is 40.5 Å². The molecule has 27 heavy (non-hydrogen) atoms. The zero-order valence-electron chi connectivity index (χ0n) is 14.2. The van der Waals surface area contributed by atoms with Gasteiger partial charge in [-0.05, 0) is 0 Å². The van der Waals surface area contributed by atoms with Crippen molar-refractivity contribution in [3.8, 4) is 11.3 Å². The van der Waals surface area contributed by atoms with E-state index in [0.29, 0.717) is 10.7 Å². The molecule has 0 aliphatic carbocycles. The normalized spacial score (nSPS) is 21.7. The van der Waals surface area contributed by atoms with Gasteiger partial charge in [0.1, 0.15) is 24.2 Å². The molecule has 0 saturated carbocycles. The number of rotatable bonds is 4. The lowest BCUT2D eigenvalue weighted by molar-refractivity contribution is -0.671. The molecule has 2 radical (unpaired) electrons. The molecule has 2 N–H and O–H groups in total. The smallest absolute Gasteiger partial charge is 0.378 e. The first-order valence-electron chi connectivity index (χ1n) is 7.93. The third-order valence-corrected chi connectivity index (χ3v) is 7.75. The fraction of sp³-hybridized carbons (Fsp3) is 0.250. The summed E-state index contributed by atoms with van der Waals surface area (Å²) in [6.07, 6.45) is 3.91. The summed E-state index contributed by atoms with van der Waals surface area (Å²) in [6, 6.07) is 3.37. The van der Waals surface area contributed by atoms with Crippen LogP contribution >= 0.6 is 34.9 Å². The lowest BCUT2D eigenvalue weighted by Crippen LogP contribution is -2.68. The molecule has 2 aromatic heterocycles. The SMILES string of the molecule is [B]OC(=O)C1=C(Sc2nc(-c3cc[n+](C)cc3)cs2)CS[C@@H]2[C@H](N)C(=O)N12. The number of aromatic nitrogens is 2. The van der Waals surface area contributed by atoms with Crippen LogP contribution in [-0.4, -0.2) is 47.0 Å². The van der Waals surface area contributed by atoms with Crippen LogP contribution in [0.1, 0.15) is 0 Å². The molecule has 0 bridgehead atoms. The number of pyridine rings is 1. The highest BCUT2D eigenvalue weighted by atomic mass is 32.2. The van der Waals surface area contributed by atoms with Gasteiger partial charge in [-0.3, -0.25) is 9.69 Å². The van der Waals surface area contributed by atoms with Gasteiger partial charge in [0, 0.05) is 33.7 Å². The number of nitrogens with two attached hydrogens (primary N) is 1. The maximum Gasteiger partial charge on any atom is 0.378 e. The molecular weight excluding hydrogens is 403 g/mol. The second-order valence-electron chi connectivity index (χ2n) is 5.97. The van der Waals surface area contributed by atoms with Gasteiger partial charge in [0.05, 0.1) is 5.69 Å². The summed E-state index contributed by atoms with van der Waals surface area (Å²) in [7, 11) is 7.03. The van der Waals surface area contributed by atoms with E-state index < -0.39 is 12.0 Å². The van der Waals surface area contributed by atoms with Crippen LogP contribution in [0.2, 0.25) is 0 Å². The van der Waals surface area contributed by atoms with Crippen molar-refractivity contribution in [2.75, 3.05) is 5.75 Å². The Morgan fingerprint density at radius 2 is 2.22 bits per heavy atom. The van der Waals surface area contributed by atoms with Crippen LogP contribution in [0.5, 0.6) is 0 Å². The van der Waals surface area contributed by atoms with Crippen LogP contribution in [0.3, 0.4) is 0 Å². The van der Waals surface area contributed by atoms with Crippen LogP contribution in [0.25, 0.3) is 11.3 Å². The number of β-lactam (4-membered cyclic amide) rings is 1. The van der Waals surface area contributed by atoms with Gasteiger partial charge < -0.3 is 10.4 Å². The number of amides is 1. The van der Waals surface area contributed by atoms with Crippen LogP contribution in [-0.2, 0) is 21.3 Å². The lowest BCUT2D eigenvalue weighted by Gasteiger charge is -2.48. The largest absolute Gasteiger partial charge is 0.539 e. The maximum absolute atomic E-state index is 12.2. The number of aryl methyl sites for hydroxylation is 1. The molecule has 0 unspecified atom stereocenters. The van der Waals surface area contributed by atoms with Crippen molar-refractivity contribution in [2.24, 2.45) is 12.8 Å². The minimum absolute atomic E-state index is 0.168. The Morgan fingerprint density at radius 1 is 1.48 bits per heavy atom. The highest BCUT2D eigenvalue weighted by molar-refractivity contribution is 8.07. The molecule has 11 heteroatoms. The summed E-state index contributed by atoms with van der Waals surface area (Å²) in [6.45, 7) is 0. The third-order valence-electron chi connectivity index (χ3n) is 4.24. The Morgan fingerprint density at radius 3 is 2.93 bits per heavy atom. The van der Waals surface area contributed by atoms with Crippen molar-refractivity contribution >= 4 is 54.8 Å². The molecule has 2 aliphatic heterocycles. The number of hydrogen-bond acceptors (Lipinski definition) is 8. The van der Waals surface area contributed by atoms with E-state index >= 15 is 0 Å². The average molecular weight is 417 g/mol. The monoisotopic (exact) mass is 417 g/mol. The second kappa shape index (κ2) is 7.31. The predicted octanol–water partition coefficient (Wildman–Crippen LogP) is 0.807. The number of thioether (sulfide) groups is 2. The van der Waals surface area contributed by atoms with Crippen LogP contribution < -0.4 is 10.3 Å². The zero-order valence-corrected chi connectivity index (χ0v) is 16.6. The third kappa shape index (κ3) is 3.29. The van der Waals surface area contributed by atoms with E-state index in [1.807, 2.05) is 41.5 Å². The Kier molecular flexibility index (Phi) is 5.02. The molecule has 4 heterocycles. The Bertz CT molecular complexity index is 947. The van der Waals surface area contributed by atoms with Crippen molar-refractivity contribution in [1.82, 2.24) is 9.88 Å². The highest BCUT2D eigenvalue weighted by Gasteiger charge is 2.52. The molecule has 0 spiro atoms. The first-order valence-corrected chi connectivity index (χ1v) is 10.7. The fourth-order valence-corrected chi connectivity index (χ4v) is 6.23. The molecule has 2 aromatic rings. The maximum atomic E-state index is 12.2. The van der Waals surface area contributed by atoms with Gasteiger partial charge >= 0.3 is 14.0 Å². The lowest BCUT2D eigenvalue weighted by atomic mass is 10.1. The molecule has 2 atom stereocenters. The topological polar surface area (TPSA) is 89.4 Å². The van der Waals surface area contributed by atoms with Gasteiger partial charge in [0.15, 0.2) is 16.7 Å². The van der Waals surface area contributed by atoms with Gasteiger partial charge in [-0.2, -0.15) is 0 Å². The van der Waals surface area contributed by atoms with Crippen molar-refractivity contribution in [1.29, 1.82) is 0 Å². The van der Waals surface area contributed by atoms with Crippen molar-refractivity contribution < 1.29 is 18.8 Å². The fourth-order valence-electron chi connectivity index (χ4n) is 2.83. The molecule has 4 rings (SSSR count). The van der Waals surface area contributed by atoms with Gasteiger partial charge in [-0.15, -0.1) is 23.1 Å². The van der Waals surface area contributed by atoms with Crippen molar-refractivity contribution in [3.63, 3.8) is 0 Å². The first-order chi connectivity index (χ1) is 13.0. The second-order valence-corrected chi connectivity index (χ2v) is 9.27. The molecular formula is C16H14BN4O3S3+. The van der Waals surface area contributed by atoms with Gasteiger partial charge in [-0.25, -0.2) is 14.3 Å². The Balaban J connectivity index is 1.62. The summed E-state index contributed by atoms with van der Waals surface area (Å²) in [5.41, 5.74) is 7.85. The van der Waals surface area contributed by atoms with Gasteiger partial charge in [-0.1, -0.05) is 11.8 Å². The standard InChI is InChI=1S/C16H14BN4O3S3/c1-20-4-2-8(3-5-20)9-6-26-16(19-9)27-10-7-25-14-11(18)13(22)21(14)12(10)15(23)24-17/h2-6,11,14H,7,18H2,1H3/q+1/t11-,14-/m1/s1. The zero-order chi connectivity index (χ0) is 19.1. The number of nitrogens with zero attached hydrogens (tertiary/aromatic N) is 3. The number of carbonyl (C=O) groups is 2. The molecule has 7 nitrogen and oxygen atoms in total. The minimum atomic E-state index is -0.740. The molecule has 136 valence electrons.